The zero-order valence-electron chi connectivity index (χ0n) is 27.4. The number of unbranched alkanes of at least 4 members (excludes halogenated alkanes) is 26. The van der Waals surface area contributed by atoms with E-state index in [1.165, 1.54) is 198 Å². The maximum absolute atomic E-state index is 4.51. The van der Waals surface area contributed by atoms with Gasteiger partial charge in [0.15, 0.2) is 0 Å². The van der Waals surface area contributed by atoms with Crippen molar-refractivity contribution in [2.45, 2.75) is 207 Å². The highest BCUT2D eigenvalue weighted by atomic mass is 28.3. The van der Waals surface area contributed by atoms with Crippen LogP contribution in [0.5, 0.6) is 0 Å². The van der Waals surface area contributed by atoms with Crippen molar-refractivity contribution in [2.75, 3.05) is 13.1 Å². The Morgan fingerprint density at radius 3 is 0.816 bits per heavy atom. The molecule has 0 aromatic rings. The molecule has 0 aliphatic heterocycles. The maximum atomic E-state index is 4.51. The Morgan fingerprint density at radius 1 is 0.395 bits per heavy atom. The molecule has 0 aliphatic rings. The van der Waals surface area contributed by atoms with Gasteiger partial charge in [-0.3, -0.25) is 0 Å². The standard InChI is InChI=1S/C36H75NSi/c1-6-8-10-12-14-16-18-20-22-24-26-28-30-32-34-37(36(3)38(4)5)35-33-31-29-27-25-23-21-19-17-15-13-11-9-7-2/h38H,3,6-35H2,1-2,4-5H3. The molecule has 0 aliphatic carbocycles. The van der Waals surface area contributed by atoms with Crippen LogP contribution in [0.25, 0.3) is 0 Å². The minimum Gasteiger partial charge on any atom is -0.379 e. The Morgan fingerprint density at radius 2 is 0.605 bits per heavy atom. The van der Waals surface area contributed by atoms with Gasteiger partial charge in [-0.2, -0.15) is 0 Å². The number of hydrogen-bond acceptors (Lipinski definition) is 1. The summed E-state index contributed by atoms with van der Waals surface area (Å²) in [5.74, 6) is 0. The van der Waals surface area contributed by atoms with Gasteiger partial charge in [0.25, 0.3) is 0 Å². The van der Waals surface area contributed by atoms with Crippen LogP contribution in [0, 0.1) is 0 Å². The first kappa shape index (κ1) is 37.8. The molecule has 0 saturated heterocycles. The van der Waals surface area contributed by atoms with Crippen molar-refractivity contribution in [1.82, 2.24) is 4.90 Å². The van der Waals surface area contributed by atoms with E-state index in [4.69, 9.17) is 0 Å². The second-order valence-electron chi connectivity index (χ2n) is 12.8. The smallest absolute Gasteiger partial charge is 0.0843 e. The van der Waals surface area contributed by atoms with E-state index in [2.05, 4.69) is 38.4 Å². The van der Waals surface area contributed by atoms with E-state index in [1.807, 2.05) is 0 Å². The van der Waals surface area contributed by atoms with E-state index in [0.29, 0.717) is 0 Å². The van der Waals surface area contributed by atoms with Gasteiger partial charge in [0.05, 0.1) is 8.80 Å². The average Bonchev–Trinajstić information content (AvgIpc) is 2.91. The Hall–Kier alpha value is -0.243. The molecule has 0 aromatic carbocycles. The lowest BCUT2D eigenvalue weighted by molar-refractivity contribution is 0.339. The molecule has 0 atom stereocenters. The third-order valence-electron chi connectivity index (χ3n) is 8.64. The van der Waals surface area contributed by atoms with Gasteiger partial charge >= 0.3 is 0 Å². The molecule has 0 saturated carbocycles. The molecule has 0 aromatic heterocycles. The van der Waals surface area contributed by atoms with Crippen LogP contribution in [0.2, 0.25) is 13.1 Å². The highest BCUT2D eigenvalue weighted by Gasteiger charge is 2.11. The van der Waals surface area contributed by atoms with E-state index in [-0.39, 0.29) is 0 Å². The third kappa shape index (κ3) is 27.3. The van der Waals surface area contributed by atoms with E-state index in [9.17, 15) is 0 Å². The summed E-state index contributed by atoms with van der Waals surface area (Å²) in [7, 11) is -0.777. The van der Waals surface area contributed by atoms with Crippen molar-refractivity contribution in [3.05, 3.63) is 11.9 Å². The first-order valence-corrected chi connectivity index (χ1v) is 21.0. The topological polar surface area (TPSA) is 3.24 Å². The quantitative estimate of drug-likeness (QED) is 0.0595. The summed E-state index contributed by atoms with van der Waals surface area (Å²) in [6.07, 6.45) is 40.5. The minimum absolute atomic E-state index is 0.777. The second kappa shape index (κ2) is 31.3. The average molecular weight is 550 g/mol. The van der Waals surface area contributed by atoms with Crippen LogP contribution < -0.4 is 0 Å². The third-order valence-corrected chi connectivity index (χ3v) is 10.3. The van der Waals surface area contributed by atoms with E-state index in [0.717, 1.165) is 0 Å². The Kier molecular flexibility index (Phi) is 31.1. The highest BCUT2D eigenvalue weighted by Crippen LogP contribution is 2.16. The lowest BCUT2D eigenvalue weighted by Crippen LogP contribution is -2.31. The van der Waals surface area contributed by atoms with Crippen molar-refractivity contribution in [2.24, 2.45) is 0 Å². The molecule has 228 valence electrons. The maximum Gasteiger partial charge on any atom is 0.0843 e. The van der Waals surface area contributed by atoms with Crippen molar-refractivity contribution in [3.8, 4) is 0 Å². The van der Waals surface area contributed by atoms with E-state index in [1.54, 1.807) is 0 Å². The van der Waals surface area contributed by atoms with Gasteiger partial charge in [-0.25, -0.2) is 0 Å². The Balaban J connectivity index is 3.63. The molecule has 0 spiro atoms. The van der Waals surface area contributed by atoms with Crippen LogP contribution in [0.3, 0.4) is 0 Å². The molecular weight excluding hydrogens is 474 g/mol. The summed E-state index contributed by atoms with van der Waals surface area (Å²) in [4.78, 5) is 2.69. The van der Waals surface area contributed by atoms with Gasteiger partial charge in [0.2, 0.25) is 0 Å². The van der Waals surface area contributed by atoms with Gasteiger partial charge in [0.1, 0.15) is 0 Å². The molecular formula is C36H75NSi. The fourth-order valence-corrected chi connectivity index (χ4v) is 6.75. The molecule has 0 rings (SSSR count). The van der Waals surface area contributed by atoms with Crippen molar-refractivity contribution in [3.63, 3.8) is 0 Å². The van der Waals surface area contributed by atoms with Gasteiger partial charge < -0.3 is 4.90 Å². The van der Waals surface area contributed by atoms with Crippen LogP contribution in [0.1, 0.15) is 194 Å². The predicted molar refractivity (Wildman–Crippen MR) is 180 cm³/mol. The summed E-state index contributed by atoms with van der Waals surface area (Å²) in [5, 5.41) is 1.51. The molecule has 38 heavy (non-hydrogen) atoms. The van der Waals surface area contributed by atoms with Gasteiger partial charge in [-0.05, 0) is 18.2 Å². The molecule has 1 nitrogen and oxygen atoms in total. The largest absolute Gasteiger partial charge is 0.379 e. The molecule has 0 unspecified atom stereocenters. The van der Waals surface area contributed by atoms with E-state index >= 15 is 0 Å². The molecule has 0 radical (unpaired) electrons. The van der Waals surface area contributed by atoms with Gasteiger partial charge in [-0.1, -0.05) is 200 Å². The molecule has 0 bridgehead atoms. The lowest BCUT2D eigenvalue weighted by Gasteiger charge is -2.29. The number of rotatable bonds is 32. The Labute approximate surface area is 245 Å². The highest BCUT2D eigenvalue weighted by molar-refractivity contribution is 6.63. The number of nitrogens with zero attached hydrogens (tertiary/aromatic N) is 1. The summed E-state index contributed by atoms with van der Waals surface area (Å²) in [5.41, 5.74) is 0. The summed E-state index contributed by atoms with van der Waals surface area (Å²) < 4.78 is 0. The lowest BCUT2D eigenvalue weighted by atomic mass is 10.0. The normalized spacial score (nSPS) is 11.5. The van der Waals surface area contributed by atoms with Crippen LogP contribution in [0.15, 0.2) is 11.9 Å². The molecule has 0 amide bonds. The van der Waals surface area contributed by atoms with Crippen LogP contribution >= 0.6 is 0 Å². The monoisotopic (exact) mass is 550 g/mol. The van der Waals surface area contributed by atoms with Crippen LogP contribution in [0.4, 0.5) is 0 Å². The van der Waals surface area contributed by atoms with E-state index < -0.39 is 8.80 Å². The van der Waals surface area contributed by atoms with Crippen LogP contribution in [-0.4, -0.2) is 26.8 Å². The van der Waals surface area contributed by atoms with Crippen molar-refractivity contribution in [1.29, 1.82) is 0 Å². The minimum atomic E-state index is -0.777. The SMILES string of the molecule is C=C(N(CCCCCCCCCCCCCCCC)CCCCCCCCCCCCCCCC)[SiH](C)C. The summed E-state index contributed by atoms with van der Waals surface area (Å²) in [6, 6.07) is 0. The summed E-state index contributed by atoms with van der Waals surface area (Å²) in [6.45, 7) is 16.6. The molecule has 0 fully saturated rings. The Bertz CT molecular complexity index is 428. The number of hydrogen-bond donors (Lipinski definition) is 0. The molecule has 0 heterocycles. The van der Waals surface area contributed by atoms with Gasteiger partial charge in [-0.15, -0.1) is 0 Å². The first-order chi connectivity index (χ1) is 18.6. The fourth-order valence-electron chi connectivity index (χ4n) is 5.76. The molecule has 0 N–H and O–H groups in total. The van der Waals surface area contributed by atoms with Crippen molar-refractivity contribution >= 4 is 8.80 Å². The molecule has 2 heteroatoms. The van der Waals surface area contributed by atoms with Crippen molar-refractivity contribution < 1.29 is 0 Å². The summed E-state index contributed by atoms with van der Waals surface area (Å²) >= 11 is 0. The van der Waals surface area contributed by atoms with Gasteiger partial charge in [0, 0.05) is 13.1 Å². The fraction of sp³-hybridized carbons (Fsp3) is 0.944. The first-order valence-electron chi connectivity index (χ1n) is 18.1. The second-order valence-corrected chi connectivity index (χ2v) is 15.8. The zero-order chi connectivity index (χ0) is 27.9. The zero-order valence-corrected chi connectivity index (χ0v) is 28.6. The van der Waals surface area contributed by atoms with Crippen LogP contribution in [-0.2, 0) is 0 Å². The predicted octanol–water partition coefficient (Wildman–Crippen LogP) is 12.8.